The van der Waals surface area contributed by atoms with E-state index in [9.17, 15) is 9.59 Å². The van der Waals surface area contributed by atoms with Crippen LogP contribution in [0.1, 0.15) is 104 Å². The zero-order chi connectivity index (χ0) is 23.7. The molecule has 1 aromatic rings. The Kier molecular flexibility index (Phi) is 13.6. The molecule has 6 heteroatoms. The largest absolute Gasteiger partial charge is 0.354 e. The van der Waals surface area contributed by atoms with E-state index < -0.39 is 0 Å². The lowest BCUT2D eigenvalue weighted by molar-refractivity contribution is -0.122. The van der Waals surface area contributed by atoms with Crippen molar-refractivity contribution in [2.45, 2.75) is 116 Å². The summed E-state index contributed by atoms with van der Waals surface area (Å²) in [6, 6.07) is 3.18. The van der Waals surface area contributed by atoms with Gasteiger partial charge in [0.25, 0.3) is 0 Å². The monoisotopic (exact) mass is 458 g/mol. The second-order valence-electron chi connectivity index (χ2n) is 9.34. The summed E-state index contributed by atoms with van der Waals surface area (Å²) in [4.78, 5) is 32.2. The number of hydrogen-bond donors (Lipinski definition) is 2. The number of anilines is 1. The average molecular weight is 459 g/mol. The number of hydrogen-bond acceptors (Lipinski definition) is 4. The lowest BCUT2D eigenvalue weighted by atomic mass is 10.1. The van der Waals surface area contributed by atoms with E-state index in [1.54, 1.807) is 12.4 Å². The number of unbranched alkanes of at least 4 members (excludes halogenated alkanes) is 10. The summed E-state index contributed by atoms with van der Waals surface area (Å²) < 4.78 is 0. The van der Waals surface area contributed by atoms with Crippen molar-refractivity contribution in [2.75, 3.05) is 18.0 Å². The quantitative estimate of drug-likeness (QED) is 0.308. The Bertz CT molecular complexity index is 629. The standard InChI is InChI=1S/C27H46N4O2/c1-3-5-7-9-11-13-19-29-26(32)24-15-16-25(31(24)23-17-21-28-22-18-23)27(33)30-20-14-12-10-8-6-4-2/h17-18,21-22,24-25H,3-16,19-20H2,1-2H3,(H,29,32)(H,30,33)/t24-,25-/m0/s1. The normalized spacial score (nSPS) is 17.8. The van der Waals surface area contributed by atoms with Crippen LogP contribution in [0.3, 0.4) is 0 Å². The topological polar surface area (TPSA) is 74.3 Å². The first kappa shape index (κ1) is 27.1. The highest BCUT2D eigenvalue weighted by atomic mass is 16.2. The predicted molar refractivity (Wildman–Crippen MR) is 136 cm³/mol. The Morgan fingerprint density at radius 3 is 1.64 bits per heavy atom. The van der Waals surface area contributed by atoms with Crippen LogP contribution in [-0.2, 0) is 9.59 Å². The highest BCUT2D eigenvalue weighted by Gasteiger charge is 2.41. The molecular formula is C27H46N4O2. The molecule has 1 aliphatic rings. The first-order chi connectivity index (χ1) is 16.2. The third-order valence-corrected chi connectivity index (χ3v) is 6.61. The average Bonchev–Trinajstić information content (AvgIpc) is 3.29. The van der Waals surface area contributed by atoms with Crippen LogP contribution in [0, 0.1) is 0 Å². The van der Waals surface area contributed by atoms with Gasteiger partial charge in [-0.3, -0.25) is 14.6 Å². The Morgan fingerprint density at radius 1 is 0.758 bits per heavy atom. The van der Waals surface area contributed by atoms with Crippen molar-refractivity contribution in [2.24, 2.45) is 0 Å². The molecule has 186 valence electrons. The number of rotatable bonds is 17. The molecule has 0 aromatic carbocycles. The van der Waals surface area contributed by atoms with Gasteiger partial charge in [-0.15, -0.1) is 0 Å². The molecule has 0 unspecified atom stereocenters. The SMILES string of the molecule is CCCCCCCCNC(=O)[C@@H]1CC[C@@H](C(=O)NCCCCCCCC)N1c1ccncc1. The van der Waals surface area contributed by atoms with E-state index in [0.717, 1.165) is 31.4 Å². The molecule has 6 nitrogen and oxygen atoms in total. The highest BCUT2D eigenvalue weighted by molar-refractivity contribution is 5.92. The number of nitrogens with one attached hydrogen (secondary N) is 2. The van der Waals surface area contributed by atoms with Gasteiger partial charge in [0.1, 0.15) is 12.1 Å². The minimum Gasteiger partial charge on any atom is -0.354 e. The van der Waals surface area contributed by atoms with E-state index >= 15 is 0 Å². The Hall–Kier alpha value is -2.11. The van der Waals surface area contributed by atoms with Crippen LogP contribution in [0.5, 0.6) is 0 Å². The zero-order valence-electron chi connectivity index (χ0n) is 21.0. The summed E-state index contributed by atoms with van der Waals surface area (Å²) in [6.45, 7) is 5.86. The van der Waals surface area contributed by atoms with Crippen LogP contribution in [0.2, 0.25) is 0 Å². The van der Waals surface area contributed by atoms with E-state index in [0.29, 0.717) is 25.9 Å². The van der Waals surface area contributed by atoms with E-state index in [1.807, 2.05) is 17.0 Å². The third-order valence-electron chi connectivity index (χ3n) is 6.61. The van der Waals surface area contributed by atoms with Gasteiger partial charge in [-0.05, 0) is 37.8 Å². The van der Waals surface area contributed by atoms with Gasteiger partial charge >= 0.3 is 0 Å². The van der Waals surface area contributed by atoms with Crippen LogP contribution >= 0.6 is 0 Å². The molecule has 2 N–H and O–H groups in total. The molecule has 0 bridgehead atoms. The summed E-state index contributed by atoms with van der Waals surface area (Å²) in [5.74, 6) is 0.0678. The lowest BCUT2D eigenvalue weighted by Gasteiger charge is -2.31. The van der Waals surface area contributed by atoms with Crippen LogP contribution < -0.4 is 15.5 Å². The maximum absolute atomic E-state index is 13.0. The third kappa shape index (κ3) is 9.73. The fourth-order valence-corrected chi connectivity index (χ4v) is 4.67. The summed E-state index contributed by atoms with van der Waals surface area (Å²) in [7, 11) is 0. The number of aromatic nitrogens is 1. The number of pyridine rings is 1. The summed E-state index contributed by atoms with van der Waals surface area (Å²) in [5, 5.41) is 6.25. The molecule has 1 fully saturated rings. The zero-order valence-corrected chi connectivity index (χ0v) is 21.0. The van der Waals surface area contributed by atoms with Crippen LogP contribution in [0.4, 0.5) is 5.69 Å². The van der Waals surface area contributed by atoms with Crippen molar-refractivity contribution in [3.63, 3.8) is 0 Å². The smallest absolute Gasteiger partial charge is 0.242 e. The summed E-state index contributed by atoms with van der Waals surface area (Å²) in [6.07, 6.45) is 19.3. The van der Waals surface area contributed by atoms with Gasteiger partial charge in [0, 0.05) is 31.2 Å². The molecule has 1 aromatic heterocycles. The molecule has 2 amide bonds. The second-order valence-corrected chi connectivity index (χ2v) is 9.34. The molecule has 2 atom stereocenters. The predicted octanol–water partition coefficient (Wildman–Crippen LogP) is 5.37. The molecule has 0 radical (unpaired) electrons. The van der Waals surface area contributed by atoms with Gasteiger partial charge in [0.15, 0.2) is 0 Å². The van der Waals surface area contributed by atoms with Crippen LogP contribution in [0.15, 0.2) is 24.5 Å². The molecule has 0 aliphatic carbocycles. The molecule has 2 heterocycles. The van der Waals surface area contributed by atoms with Gasteiger partial charge in [0.05, 0.1) is 0 Å². The first-order valence-electron chi connectivity index (χ1n) is 13.4. The minimum atomic E-state index is -0.308. The van der Waals surface area contributed by atoms with Crippen molar-refractivity contribution in [1.82, 2.24) is 15.6 Å². The lowest BCUT2D eigenvalue weighted by Crippen LogP contribution is -2.51. The molecule has 2 rings (SSSR count). The number of nitrogens with zero attached hydrogens (tertiary/aromatic N) is 2. The fraction of sp³-hybridized carbons (Fsp3) is 0.741. The number of carbonyl (C=O) groups is 2. The van der Waals surface area contributed by atoms with E-state index in [4.69, 9.17) is 0 Å². The van der Waals surface area contributed by atoms with Crippen molar-refractivity contribution in [1.29, 1.82) is 0 Å². The first-order valence-corrected chi connectivity index (χ1v) is 13.4. The van der Waals surface area contributed by atoms with Gasteiger partial charge in [-0.1, -0.05) is 78.1 Å². The molecule has 1 aliphatic heterocycles. The molecular weight excluding hydrogens is 412 g/mol. The fourth-order valence-electron chi connectivity index (χ4n) is 4.67. The Morgan fingerprint density at radius 2 is 1.18 bits per heavy atom. The maximum atomic E-state index is 13.0. The Labute approximate surface area is 201 Å². The molecule has 1 saturated heterocycles. The van der Waals surface area contributed by atoms with Crippen LogP contribution in [-0.4, -0.2) is 42.0 Å². The van der Waals surface area contributed by atoms with E-state index in [2.05, 4.69) is 29.5 Å². The van der Waals surface area contributed by atoms with Crippen molar-refractivity contribution >= 4 is 17.5 Å². The molecule has 33 heavy (non-hydrogen) atoms. The summed E-state index contributed by atoms with van der Waals surface area (Å²) >= 11 is 0. The van der Waals surface area contributed by atoms with Gasteiger partial charge < -0.3 is 15.5 Å². The number of carbonyl (C=O) groups excluding carboxylic acids is 2. The molecule has 0 saturated carbocycles. The van der Waals surface area contributed by atoms with Gasteiger partial charge in [0.2, 0.25) is 11.8 Å². The molecule has 0 spiro atoms. The van der Waals surface area contributed by atoms with Crippen LogP contribution in [0.25, 0.3) is 0 Å². The van der Waals surface area contributed by atoms with Crippen molar-refractivity contribution in [3.8, 4) is 0 Å². The van der Waals surface area contributed by atoms with Gasteiger partial charge in [-0.25, -0.2) is 0 Å². The Balaban J connectivity index is 1.85. The van der Waals surface area contributed by atoms with E-state index in [1.165, 1.54) is 51.4 Å². The minimum absolute atomic E-state index is 0.0339. The van der Waals surface area contributed by atoms with Crippen molar-refractivity contribution < 1.29 is 9.59 Å². The summed E-state index contributed by atoms with van der Waals surface area (Å²) in [5.41, 5.74) is 0.891. The maximum Gasteiger partial charge on any atom is 0.242 e. The second kappa shape index (κ2) is 16.5. The van der Waals surface area contributed by atoms with Crippen molar-refractivity contribution in [3.05, 3.63) is 24.5 Å². The van der Waals surface area contributed by atoms with E-state index in [-0.39, 0.29) is 23.9 Å². The van der Waals surface area contributed by atoms with Gasteiger partial charge in [-0.2, -0.15) is 0 Å². The number of amides is 2. The highest BCUT2D eigenvalue weighted by Crippen LogP contribution is 2.30.